The lowest BCUT2D eigenvalue weighted by atomic mass is 10.2. The number of hydrogen-bond donors (Lipinski definition) is 2. The summed E-state index contributed by atoms with van der Waals surface area (Å²) in [6.45, 7) is 3.78. The molecule has 0 saturated carbocycles. The van der Waals surface area contributed by atoms with Gasteiger partial charge < -0.3 is 14.6 Å². The first-order valence-electron chi connectivity index (χ1n) is 7.50. The summed E-state index contributed by atoms with van der Waals surface area (Å²) in [5, 5.41) is 13.3. The summed E-state index contributed by atoms with van der Waals surface area (Å²) in [5.74, 6) is 0.852. The molecule has 0 bridgehead atoms. The number of phenolic OH excluding ortho intramolecular Hbond substituents is 1. The fraction of sp³-hybridized carbons (Fsp3) is 0.235. The molecule has 2 aromatic carbocycles. The maximum absolute atomic E-state index is 12.2. The number of rotatable bonds is 7. The van der Waals surface area contributed by atoms with Gasteiger partial charge >= 0.3 is 0 Å². The molecule has 0 aliphatic heterocycles. The van der Waals surface area contributed by atoms with Crippen molar-refractivity contribution in [1.29, 1.82) is 0 Å². The Labute approximate surface area is 147 Å². The van der Waals surface area contributed by atoms with E-state index in [4.69, 9.17) is 9.47 Å². The molecule has 0 spiro atoms. The van der Waals surface area contributed by atoms with E-state index in [0.717, 1.165) is 0 Å². The van der Waals surface area contributed by atoms with Crippen LogP contribution in [0.5, 0.6) is 17.2 Å². The summed E-state index contributed by atoms with van der Waals surface area (Å²) in [7, 11) is -2.36. The van der Waals surface area contributed by atoms with Gasteiger partial charge in [-0.1, -0.05) is 0 Å². The smallest absolute Gasteiger partial charge is 0.276 e. The lowest BCUT2D eigenvalue weighted by molar-refractivity contribution is 0.242. The van der Waals surface area contributed by atoms with Crippen LogP contribution in [0, 0.1) is 0 Å². The fourth-order valence-corrected chi connectivity index (χ4v) is 2.76. The predicted octanol–water partition coefficient (Wildman–Crippen LogP) is 2.50. The number of ether oxygens (including phenoxy) is 2. The molecule has 8 heteroatoms. The molecule has 2 N–H and O–H groups in total. The first kappa shape index (κ1) is 18.6. The van der Waals surface area contributed by atoms with Gasteiger partial charge in [-0.3, -0.25) is 0 Å². The molecule has 0 unspecified atom stereocenters. The van der Waals surface area contributed by atoms with E-state index in [0.29, 0.717) is 11.3 Å². The third kappa shape index (κ3) is 5.12. The molecule has 0 amide bonds. The van der Waals surface area contributed by atoms with E-state index in [1.54, 1.807) is 18.2 Å². The largest absolute Gasteiger partial charge is 0.504 e. The predicted molar refractivity (Wildman–Crippen MR) is 94.8 cm³/mol. The van der Waals surface area contributed by atoms with E-state index >= 15 is 0 Å². The molecular formula is C17H20N2O5S. The molecule has 2 aromatic rings. The Hall–Kier alpha value is -2.74. The molecule has 134 valence electrons. The SMILES string of the molecule is COc1cc(/C=N/NS(=O)(=O)c2ccc(OC(C)C)cc2)ccc1O. The van der Waals surface area contributed by atoms with Crippen molar-refractivity contribution in [2.75, 3.05) is 7.11 Å². The zero-order valence-corrected chi connectivity index (χ0v) is 14.9. The van der Waals surface area contributed by atoms with Crippen LogP contribution in [-0.2, 0) is 10.0 Å². The number of nitrogens with zero attached hydrogens (tertiary/aromatic N) is 1. The molecule has 0 atom stereocenters. The highest BCUT2D eigenvalue weighted by Gasteiger charge is 2.13. The Morgan fingerprint density at radius 2 is 1.84 bits per heavy atom. The third-order valence-corrected chi connectivity index (χ3v) is 4.33. The topological polar surface area (TPSA) is 97.2 Å². The van der Waals surface area contributed by atoms with Crippen molar-refractivity contribution >= 4 is 16.2 Å². The van der Waals surface area contributed by atoms with Gasteiger partial charge in [0.25, 0.3) is 10.0 Å². The van der Waals surface area contributed by atoms with E-state index in [9.17, 15) is 13.5 Å². The minimum Gasteiger partial charge on any atom is -0.504 e. The quantitative estimate of drug-likeness (QED) is 0.581. The monoisotopic (exact) mass is 364 g/mol. The normalized spacial score (nSPS) is 11.7. The second-order valence-corrected chi connectivity index (χ2v) is 7.08. The molecule has 0 fully saturated rings. The van der Waals surface area contributed by atoms with E-state index < -0.39 is 10.0 Å². The van der Waals surface area contributed by atoms with Crippen molar-refractivity contribution in [2.45, 2.75) is 24.8 Å². The summed E-state index contributed by atoms with van der Waals surface area (Å²) in [6.07, 6.45) is 1.32. The molecule has 0 aliphatic carbocycles. The van der Waals surface area contributed by atoms with Gasteiger partial charge in [0.15, 0.2) is 11.5 Å². The van der Waals surface area contributed by atoms with Crippen molar-refractivity contribution in [3.63, 3.8) is 0 Å². The highest BCUT2D eigenvalue weighted by molar-refractivity contribution is 7.89. The van der Waals surface area contributed by atoms with Crippen LogP contribution >= 0.6 is 0 Å². The molecule has 0 aliphatic rings. The molecule has 0 heterocycles. The summed E-state index contributed by atoms with van der Waals surface area (Å²) in [4.78, 5) is 2.21. The molecule has 2 rings (SSSR count). The lowest BCUT2D eigenvalue weighted by Gasteiger charge is -2.10. The fourth-order valence-electron chi connectivity index (χ4n) is 1.97. The van der Waals surface area contributed by atoms with Gasteiger partial charge in [-0.2, -0.15) is 13.5 Å². The van der Waals surface area contributed by atoms with Gasteiger partial charge in [0, 0.05) is 0 Å². The second kappa shape index (κ2) is 7.89. The van der Waals surface area contributed by atoms with Gasteiger partial charge in [-0.25, -0.2) is 4.83 Å². The van der Waals surface area contributed by atoms with E-state index in [2.05, 4.69) is 9.93 Å². The number of sulfonamides is 1. The van der Waals surface area contributed by atoms with Crippen LogP contribution in [0.4, 0.5) is 0 Å². The van der Waals surface area contributed by atoms with E-state index in [-0.39, 0.29) is 22.5 Å². The van der Waals surface area contributed by atoms with E-state index in [1.807, 2.05) is 13.8 Å². The van der Waals surface area contributed by atoms with Gasteiger partial charge in [-0.15, -0.1) is 0 Å². The highest BCUT2D eigenvalue weighted by atomic mass is 32.2. The third-order valence-electron chi connectivity index (χ3n) is 3.10. The number of hydrazone groups is 1. The standard InChI is InChI=1S/C17H20N2O5S/c1-12(2)24-14-5-7-15(8-6-14)25(21,22)19-18-11-13-4-9-16(20)17(10-13)23-3/h4-12,19-20H,1-3H3/b18-11+. The van der Waals surface area contributed by atoms with E-state index in [1.165, 1.54) is 37.6 Å². The maximum atomic E-state index is 12.2. The van der Waals surface area contributed by atoms with Crippen LogP contribution in [0.3, 0.4) is 0 Å². The van der Waals surface area contributed by atoms with Gasteiger partial charge in [0.1, 0.15) is 5.75 Å². The zero-order valence-electron chi connectivity index (χ0n) is 14.1. The van der Waals surface area contributed by atoms with Crippen molar-refractivity contribution in [1.82, 2.24) is 4.83 Å². The number of benzene rings is 2. The van der Waals surface area contributed by atoms with Crippen molar-refractivity contribution < 1.29 is 23.0 Å². The van der Waals surface area contributed by atoms with Crippen LogP contribution in [-0.4, -0.2) is 33.0 Å². The summed E-state index contributed by atoms with van der Waals surface area (Å²) in [5.41, 5.74) is 0.568. The Balaban J connectivity index is 2.08. The Morgan fingerprint density at radius 1 is 1.16 bits per heavy atom. The van der Waals surface area contributed by atoms with Crippen molar-refractivity contribution in [2.24, 2.45) is 5.10 Å². The van der Waals surface area contributed by atoms with Crippen LogP contribution in [0.2, 0.25) is 0 Å². The Kier molecular flexibility index (Phi) is 5.87. The van der Waals surface area contributed by atoms with Crippen LogP contribution in [0.15, 0.2) is 52.5 Å². The number of hydrogen-bond acceptors (Lipinski definition) is 6. The number of methoxy groups -OCH3 is 1. The number of aromatic hydroxyl groups is 1. The van der Waals surface area contributed by atoms with Crippen LogP contribution < -0.4 is 14.3 Å². The zero-order chi connectivity index (χ0) is 18.4. The lowest BCUT2D eigenvalue weighted by Crippen LogP contribution is -2.18. The molecule has 0 saturated heterocycles. The second-order valence-electron chi connectivity index (χ2n) is 5.42. The van der Waals surface area contributed by atoms with Crippen LogP contribution in [0.25, 0.3) is 0 Å². The summed E-state index contributed by atoms with van der Waals surface area (Å²) < 4.78 is 34.9. The first-order valence-corrected chi connectivity index (χ1v) is 8.99. The Morgan fingerprint density at radius 3 is 2.44 bits per heavy atom. The van der Waals surface area contributed by atoms with Gasteiger partial charge in [0.05, 0.1) is 24.3 Å². The number of phenols is 1. The number of nitrogens with one attached hydrogen (secondary N) is 1. The van der Waals surface area contributed by atoms with Gasteiger partial charge in [-0.05, 0) is 61.9 Å². The average Bonchev–Trinajstić information content (AvgIpc) is 2.56. The molecule has 0 aromatic heterocycles. The average molecular weight is 364 g/mol. The molecular weight excluding hydrogens is 344 g/mol. The highest BCUT2D eigenvalue weighted by Crippen LogP contribution is 2.25. The Bertz CT molecular complexity index is 846. The van der Waals surface area contributed by atoms with Crippen molar-refractivity contribution in [3.8, 4) is 17.2 Å². The molecule has 0 radical (unpaired) electrons. The first-order chi connectivity index (χ1) is 11.8. The minimum absolute atomic E-state index is 0.00693. The minimum atomic E-state index is -3.78. The van der Waals surface area contributed by atoms with Gasteiger partial charge in [0.2, 0.25) is 0 Å². The maximum Gasteiger partial charge on any atom is 0.276 e. The van der Waals surface area contributed by atoms with Crippen molar-refractivity contribution in [3.05, 3.63) is 48.0 Å². The molecule has 25 heavy (non-hydrogen) atoms. The molecule has 7 nitrogen and oxygen atoms in total. The van der Waals surface area contributed by atoms with Crippen LogP contribution in [0.1, 0.15) is 19.4 Å². The summed E-state index contributed by atoms with van der Waals surface area (Å²) in [6, 6.07) is 10.6. The summed E-state index contributed by atoms with van der Waals surface area (Å²) >= 11 is 0.